The van der Waals surface area contributed by atoms with Crippen LogP contribution in [0.2, 0.25) is 0 Å². The number of alkyl halides is 3. The summed E-state index contributed by atoms with van der Waals surface area (Å²) in [7, 11) is 0. The molecule has 4 heteroatoms. The summed E-state index contributed by atoms with van der Waals surface area (Å²) >= 11 is 0. The summed E-state index contributed by atoms with van der Waals surface area (Å²) in [5, 5.41) is 3.51. The van der Waals surface area contributed by atoms with Gasteiger partial charge in [0.15, 0.2) is 0 Å². The van der Waals surface area contributed by atoms with Crippen molar-refractivity contribution in [3.63, 3.8) is 0 Å². The van der Waals surface area contributed by atoms with Gasteiger partial charge in [0.05, 0.1) is 5.56 Å². The molecule has 2 aromatic carbocycles. The second-order valence-corrected chi connectivity index (χ2v) is 6.43. The van der Waals surface area contributed by atoms with Crippen LogP contribution in [0, 0.1) is 5.92 Å². The number of piperidine rings is 1. The third-order valence-electron chi connectivity index (χ3n) is 5.20. The number of benzene rings is 2. The quantitative estimate of drug-likeness (QED) is 0.789. The van der Waals surface area contributed by atoms with Crippen LogP contribution in [0.3, 0.4) is 0 Å². The Morgan fingerprint density at radius 3 is 2.26 bits per heavy atom. The average molecular weight is 317 g/mol. The summed E-state index contributed by atoms with van der Waals surface area (Å²) in [5.41, 5.74) is 2.14. The highest BCUT2D eigenvalue weighted by Crippen LogP contribution is 2.53. The third kappa shape index (κ3) is 2.36. The Morgan fingerprint density at radius 2 is 1.52 bits per heavy atom. The predicted molar refractivity (Wildman–Crippen MR) is 83.2 cm³/mol. The van der Waals surface area contributed by atoms with Gasteiger partial charge in [-0.3, -0.25) is 0 Å². The molecule has 0 saturated carbocycles. The number of hydrogen-bond donors (Lipinski definition) is 1. The summed E-state index contributed by atoms with van der Waals surface area (Å²) < 4.78 is 40.5. The number of fused-ring (bicyclic) bond motifs is 3. The minimum Gasteiger partial charge on any atom is -0.310 e. The highest BCUT2D eigenvalue weighted by Gasteiger charge is 2.45. The van der Waals surface area contributed by atoms with E-state index in [-0.39, 0.29) is 17.9 Å². The van der Waals surface area contributed by atoms with Crippen molar-refractivity contribution in [1.29, 1.82) is 0 Å². The molecule has 1 saturated heterocycles. The smallest absolute Gasteiger partial charge is 0.310 e. The summed E-state index contributed by atoms with van der Waals surface area (Å²) in [4.78, 5) is 0. The van der Waals surface area contributed by atoms with Crippen LogP contribution in [0.4, 0.5) is 13.2 Å². The molecule has 0 bridgehead atoms. The lowest BCUT2D eigenvalue weighted by Crippen LogP contribution is -2.33. The zero-order valence-electron chi connectivity index (χ0n) is 12.6. The number of hydrogen-bond acceptors (Lipinski definition) is 1. The van der Waals surface area contributed by atoms with Crippen LogP contribution >= 0.6 is 0 Å². The van der Waals surface area contributed by atoms with E-state index in [9.17, 15) is 13.2 Å². The van der Waals surface area contributed by atoms with Gasteiger partial charge >= 0.3 is 6.18 Å². The summed E-state index contributed by atoms with van der Waals surface area (Å²) in [6.45, 7) is 0.934. The molecule has 1 N–H and O–H groups in total. The lowest BCUT2D eigenvalue weighted by molar-refractivity contribution is -0.138. The highest BCUT2D eigenvalue weighted by atomic mass is 19.4. The monoisotopic (exact) mass is 317 g/mol. The molecule has 0 amide bonds. The molecule has 2 aliphatic rings. The zero-order valence-corrected chi connectivity index (χ0v) is 12.6. The van der Waals surface area contributed by atoms with E-state index in [1.165, 1.54) is 17.7 Å². The van der Waals surface area contributed by atoms with Crippen molar-refractivity contribution in [1.82, 2.24) is 5.32 Å². The van der Waals surface area contributed by atoms with E-state index in [2.05, 4.69) is 11.4 Å². The molecular formula is C19H18F3N. The minimum atomic E-state index is -4.31. The molecule has 0 spiro atoms. The maximum absolute atomic E-state index is 13.5. The molecule has 1 aliphatic carbocycles. The predicted octanol–water partition coefficient (Wildman–Crippen LogP) is 4.89. The summed E-state index contributed by atoms with van der Waals surface area (Å²) in [6, 6.07) is 14.2. The third-order valence-corrected chi connectivity index (χ3v) is 5.20. The van der Waals surface area contributed by atoms with Crippen molar-refractivity contribution in [2.24, 2.45) is 5.92 Å². The van der Waals surface area contributed by atoms with Crippen LogP contribution < -0.4 is 5.32 Å². The molecule has 1 heterocycles. The van der Waals surface area contributed by atoms with E-state index in [4.69, 9.17) is 0 Å². The number of rotatable bonds is 1. The van der Waals surface area contributed by atoms with Gasteiger partial charge in [0.2, 0.25) is 0 Å². The fourth-order valence-electron chi connectivity index (χ4n) is 4.35. The first-order valence-corrected chi connectivity index (χ1v) is 8.05. The molecule has 120 valence electrons. The van der Waals surface area contributed by atoms with E-state index >= 15 is 0 Å². The van der Waals surface area contributed by atoms with Crippen molar-refractivity contribution >= 4 is 0 Å². The first kappa shape index (κ1) is 14.8. The molecule has 4 rings (SSSR count). The van der Waals surface area contributed by atoms with Gasteiger partial charge in [0.25, 0.3) is 0 Å². The van der Waals surface area contributed by atoms with Crippen molar-refractivity contribution in [2.45, 2.75) is 31.0 Å². The molecule has 1 fully saturated rings. The van der Waals surface area contributed by atoms with Gasteiger partial charge in [-0.25, -0.2) is 0 Å². The normalized spacial score (nSPS) is 26.7. The second-order valence-electron chi connectivity index (χ2n) is 6.43. The fraction of sp³-hybridized carbons (Fsp3) is 0.368. The van der Waals surface area contributed by atoms with Crippen LogP contribution in [0.15, 0.2) is 48.5 Å². The van der Waals surface area contributed by atoms with E-state index in [0.29, 0.717) is 5.56 Å². The van der Waals surface area contributed by atoms with Crippen molar-refractivity contribution in [3.05, 3.63) is 70.8 Å². The standard InChI is InChI=1S/C19H18F3N/c20-19(21,22)16-10-4-3-8-14(16)17-12-6-1-2-7-13(12)18-15(17)9-5-11-23-18/h1-4,6-8,10,15,17-18,23H,5,9,11H2. The molecule has 2 aromatic rings. The Bertz CT molecular complexity index is 723. The van der Waals surface area contributed by atoms with Crippen molar-refractivity contribution in [3.8, 4) is 0 Å². The molecule has 3 unspecified atom stereocenters. The minimum absolute atomic E-state index is 0.172. The lowest BCUT2D eigenvalue weighted by Gasteiger charge is -2.32. The van der Waals surface area contributed by atoms with Gasteiger partial charge in [-0.15, -0.1) is 0 Å². The van der Waals surface area contributed by atoms with Crippen LogP contribution in [0.1, 0.15) is 47.1 Å². The van der Waals surface area contributed by atoms with Gasteiger partial charge in [-0.05, 0) is 48.1 Å². The van der Waals surface area contributed by atoms with E-state index in [0.717, 1.165) is 24.9 Å². The SMILES string of the molecule is FC(F)(F)c1ccccc1C1c2ccccc2C2NCCCC21. The Morgan fingerprint density at radius 1 is 0.870 bits per heavy atom. The fourth-order valence-corrected chi connectivity index (χ4v) is 4.35. The molecule has 23 heavy (non-hydrogen) atoms. The van der Waals surface area contributed by atoms with Crippen molar-refractivity contribution < 1.29 is 13.2 Å². The van der Waals surface area contributed by atoms with Gasteiger partial charge in [-0.2, -0.15) is 13.2 Å². The number of nitrogens with one attached hydrogen (secondary N) is 1. The Hall–Kier alpha value is -1.81. The summed E-state index contributed by atoms with van der Waals surface area (Å²) in [5.74, 6) is 0.0199. The Labute approximate surface area is 133 Å². The Balaban J connectivity index is 1.89. The molecule has 0 aromatic heterocycles. The molecule has 1 nitrogen and oxygen atoms in total. The number of halogens is 3. The van der Waals surface area contributed by atoms with E-state index < -0.39 is 11.7 Å². The summed E-state index contributed by atoms with van der Waals surface area (Å²) in [6.07, 6.45) is -2.34. The van der Waals surface area contributed by atoms with Crippen LogP contribution in [0.5, 0.6) is 0 Å². The molecule has 1 aliphatic heterocycles. The van der Waals surface area contributed by atoms with Gasteiger partial charge in [0.1, 0.15) is 0 Å². The highest BCUT2D eigenvalue weighted by molar-refractivity contribution is 5.49. The average Bonchev–Trinajstić information content (AvgIpc) is 2.88. The lowest BCUT2D eigenvalue weighted by atomic mass is 9.79. The van der Waals surface area contributed by atoms with Crippen LogP contribution in [-0.4, -0.2) is 6.54 Å². The van der Waals surface area contributed by atoms with E-state index in [1.54, 1.807) is 12.1 Å². The van der Waals surface area contributed by atoms with Crippen LogP contribution in [0.25, 0.3) is 0 Å². The maximum Gasteiger partial charge on any atom is 0.416 e. The van der Waals surface area contributed by atoms with E-state index in [1.807, 2.05) is 18.2 Å². The molecule has 3 atom stereocenters. The Kier molecular flexibility index (Phi) is 3.45. The zero-order chi connectivity index (χ0) is 16.0. The first-order chi connectivity index (χ1) is 11.1. The van der Waals surface area contributed by atoms with Gasteiger partial charge < -0.3 is 5.32 Å². The first-order valence-electron chi connectivity index (χ1n) is 8.05. The van der Waals surface area contributed by atoms with Gasteiger partial charge in [0, 0.05) is 12.0 Å². The molecule has 0 radical (unpaired) electrons. The maximum atomic E-state index is 13.5. The van der Waals surface area contributed by atoms with Gasteiger partial charge in [-0.1, -0.05) is 42.5 Å². The van der Waals surface area contributed by atoms with Crippen LogP contribution in [-0.2, 0) is 6.18 Å². The van der Waals surface area contributed by atoms with Crippen molar-refractivity contribution in [2.75, 3.05) is 6.54 Å². The second kappa shape index (κ2) is 5.38. The topological polar surface area (TPSA) is 12.0 Å². The largest absolute Gasteiger partial charge is 0.416 e. The molecular weight excluding hydrogens is 299 g/mol.